The molecule has 1 N–H and O–H groups in total. The van der Waals surface area contributed by atoms with Crippen molar-refractivity contribution in [3.8, 4) is 0 Å². The molecule has 20 heavy (non-hydrogen) atoms. The first kappa shape index (κ1) is 14.4. The molecule has 5 heteroatoms. The highest BCUT2D eigenvalue weighted by atomic mass is 16.6. The van der Waals surface area contributed by atoms with E-state index in [1.807, 2.05) is 51.1 Å². The fourth-order valence-electron chi connectivity index (χ4n) is 2.04. The summed E-state index contributed by atoms with van der Waals surface area (Å²) >= 11 is 0. The number of carbonyl (C=O) groups excluding carboxylic acids is 2. The molecule has 0 radical (unpaired) electrons. The van der Waals surface area contributed by atoms with E-state index in [9.17, 15) is 9.59 Å². The van der Waals surface area contributed by atoms with Crippen molar-refractivity contribution >= 4 is 12.0 Å². The second-order valence-electron chi connectivity index (χ2n) is 5.90. The Morgan fingerprint density at radius 3 is 2.60 bits per heavy atom. The number of hydrogen-bond acceptors (Lipinski definition) is 3. The Morgan fingerprint density at radius 1 is 1.35 bits per heavy atom. The Morgan fingerprint density at radius 2 is 2.00 bits per heavy atom. The van der Waals surface area contributed by atoms with Crippen molar-refractivity contribution in [3.05, 3.63) is 35.9 Å². The first-order valence-corrected chi connectivity index (χ1v) is 6.67. The summed E-state index contributed by atoms with van der Waals surface area (Å²) in [5.74, 6) is -0.388. The molecule has 2 amide bonds. The molecule has 1 saturated heterocycles. The highest BCUT2D eigenvalue weighted by Crippen LogP contribution is 2.14. The third-order valence-electron chi connectivity index (χ3n) is 2.90. The van der Waals surface area contributed by atoms with Gasteiger partial charge in [-0.2, -0.15) is 0 Å². The summed E-state index contributed by atoms with van der Waals surface area (Å²) in [6.45, 7) is 6.25. The van der Waals surface area contributed by atoms with Crippen molar-refractivity contribution < 1.29 is 14.3 Å². The van der Waals surface area contributed by atoms with E-state index in [1.165, 1.54) is 0 Å². The van der Waals surface area contributed by atoms with Crippen LogP contribution in [0.2, 0.25) is 0 Å². The Kier molecular flexibility index (Phi) is 3.97. The zero-order chi connectivity index (χ0) is 14.8. The molecule has 1 aromatic rings. The maximum absolute atomic E-state index is 11.9. The van der Waals surface area contributed by atoms with E-state index < -0.39 is 11.6 Å². The second-order valence-corrected chi connectivity index (χ2v) is 5.90. The molecular formula is C15H20N2O3. The van der Waals surface area contributed by atoms with E-state index >= 15 is 0 Å². The molecular weight excluding hydrogens is 256 g/mol. The highest BCUT2D eigenvalue weighted by molar-refractivity contribution is 5.87. The van der Waals surface area contributed by atoms with Crippen LogP contribution in [0.1, 0.15) is 26.3 Å². The lowest BCUT2D eigenvalue weighted by atomic mass is 10.2. The molecule has 0 saturated carbocycles. The SMILES string of the molecule is CC(C)(C)OC(=O)[C@@H]1CN(Cc2ccccc2)C(=O)N1. The van der Waals surface area contributed by atoms with Crippen LogP contribution in [-0.2, 0) is 16.1 Å². The maximum Gasteiger partial charge on any atom is 0.331 e. The number of esters is 1. The van der Waals surface area contributed by atoms with Crippen LogP contribution < -0.4 is 5.32 Å². The van der Waals surface area contributed by atoms with E-state index in [2.05, 4.69) is 5.32 Å². The lowest BCUT2D eigenvalue weighted by molar-refractivity contribution is -0.156. The minimum absolute atomic E-state index is 0.232. The number of rotatable bonds is 3. The number of urea groups is 1. The van der Waals surface area contributed by atoms with Crippen molar-refractivity contribution in [2.45, 2.75) is 39.0 Å². The third kappa shape index (κ3) is 3.73. The van der Waals surface area contributed by atoms with Crippen molar-refractivity contribution in [1.29, 1.82) is 0 Å². The van der Waals surface area contributed by atoms with Crippen molar-refractivity contribution in [3.63, 3.8) is 0 Å². The molecule has 1 atom stereocenters. The largest absolute Gasteiger partial charge is 0.458 e. The van der Waals surface area contributed by atoms with Gasteiger partial charge in [0.05, 0.1) is 6.54 Å². The number of ether oxygens (including phenoxy) is 1. The normalized spacial score (nSPS) is 18.9. The van der Waals surface area contributed by atoms with Crippen LogP contribution in [0.15, 0.2) is 30.3 Å². The van der Waals surface area contributed by atoms with E-state index in [0.29, 0.717) is 13.1 Å². The van der Waals surface area contributed by atoms with Crippen LogP contribution >= 0.6 is 0 Å². The zero-order valence-electron chi connectivity index (χ0n) is 12.1. The predicted molar refractivity (Wildman–Crippen MR) is 75.0 cm³/mol. The molecule has 1 aliphatic rings. The Hall–Kier alpha value is -2.04. The van der Waals surface area contributed by atoms with Crippen molar-refractivity contribution in [1.82, 2.24) is 10.2 Å². The fraction of sp³-hybridized carbons (Fsp3) is 0.467. The Bertz CT molecular complexity index is 494. The molecule has 0 aromatic heterocycles. The average molecular weight is 276 g/mol. The Balaban J connectivity index is 1.95. The van der Waals surface area contributed by atoms with E-state index in [4.69, 9.17) is 4.74 Å². The van der Waals surface area contributed by atoms with E-state index in [1.54, 1.807) is 4.90 Å². The molecule has 5 nitrogen and oxygen atoms in total. The van der Waals surface area contributed by atoms with Crippen LogP contribution in [0.3, 0.4) is 0 Å². The van der Waals surface area contributed by atoms with Gasteiger partial charge in [0.15, 0.2) is 0 Å². The summed E-state index contributed by atoms with van der Waals surface area (Å²) in [6, 6.07) is 8.86. The van der Waals surface area contributed by atoms with Crippen molar-refractivity contribution in [2.24, 2.45) is 0 Å². The monoisotopic (exact) mass is 276 g/mol. The lowest BCUT2D eigenvalue weighted by Gasteiger charge is -2.21. The summed E-state index contributed by atoms with van der Waals surface area (Å²) in [6.07, 6.45) is 0. The third-order valence-corrected chi connectivity index (χ3v) is 2.90. The maximum atomic E-state index is 11.9. The number of nitrogens with zero attached hydrogens (tertiary/aromatic N) is 1. The molecule has 0 spiro atoms. The van der Waals surface area contributed by atoms with Gasteiger partial charge in [-0.25, -0.2) is 9.59 Å². The smallest absolute Gasteiger partial charge is 0.331 e. The highest BCUT2D eigenvalue weighted by Gasteiger charge is 2.36. The van der Waals surface area contributed by atoms with Crippen molar-refractivity contribution in [2.75, 3.05) is 6.54 Å². The first-order valence-electron chi connectivity index (χ1n) is 6.67. The summed E-state index contributed by atoms with van der Waals surface area (Å²) in [5.41, 5.74) is 0.488. The molecule has 1 aromatic carbocycles. The van der Waals surface area contributed by atoms with Gasteiger partial charge >= 0.3 is 12.0 Å². The van der Waals surface area contributed by atoms with Gasteiger partial charge in [0, 0.05) is 6.54 Å². The van der Waals surface area contributed by atoms with Crippen LogP contribution in [0, 0.1) is 0 Å². The topological polar surface area (TPSA) is 58.6 Å². The molecule has 1 aliphatic heterocycles. The molecule has 1 heterocycles. The molecule has 0 bridgehead atoms. The summed E-state index contributed by atoms with van der Waals surface area (Å²) < 4.78 is 5.29. The fourth-order valence-corrected chi connectivity index (χ4v) is 2.04. The standard InChI is InChI=1S/C15H20N2O3/c1-15(2,3)20-13(18)12-10-17(14(19)16-12)9-11-7-5-4-6-8-11/h4-8,12H,9-10H2,1-3H3,(H,16,19)/t12-/m0/s1. The summed E-state index contributed by atoms with van der Waals surface area (Å²) in [5, 5.41) is 2.66. The Labute approximate surface area is 118 Å². The molecule has 2 rings (SSSR count). The summed E-state index contributed by atoms with van der Waals surface area (Å²) in [7, 11) is 0. The zero-order valence-corrected chi connectivity index (χ0v) is 12.1. The van der Waals surface area contributed by atoms with Crippen LogP contribution in [0.25, 0.3) is 0 Å². The van der Waals surface area contributed by atoms with Gasteiger partial charge in [-0.1, -0.05) is 30.3 Å². The van der Waals surface area contributed by atoms with Gasteiger partial charge < -0.3 is 15.0 Å². The lowest BCUT2D eigenvalue weighted by Crippen LogP contribution is -2.39. The van der Waals surface area contributed by atoms with Gasteiger partial charge in [-0.05, 0) is 26.3 Å². The van der Waals surface area contributed by atoms with Gasteiger partial charge in [0.2, 0.25) is 0 Å². The molecule has 1 fully saturated rings. The number of benzene rings is 1. The molecule has 0 unspecified atom stereocenters. The number of amides is 2. The minimum atomic E-state index is -0.592. The minimum Gasteiger partial charge on any atom is -0.458 e. The van der Waals surface area contributed by atoms with E-state index in [0.717, 1.165) is 5.56 Å². The van der Waals surface area contributed by atoms with E-state index in [-0.39, 0.29) is 12.0 Å². The second kappa shape index (κ2) is 5.53. The van der Waals surface area contributed by atoms with Crippen LogP contribution in [0.4, 0.5) is 4.79 Å². The molecule has 108 valence electrons. The van der Waals surface area contributed by atoms with Gasteiger partial charge in [0.25, 0.3) is 0 Å². The number of nitrogens with one attached hydrogen (secondary N) is 1. The van der Waals surface area contributed by atoms with Gasteiger partial charge in [-0.15, -0.1) is 0 Å². The predicted octanol–water partition coefficient (Wildman–Crippen LogP) is 1.92. The first-order chi connectivity index (χ1) is 9.35. The number of carbonyl (C=O) groups is 2. The average Bonchev–Trinajstić information content (AvgIpc) is 2.70. The quantitative estimate of drug-likeness (QED) is 0.858. The number of hydrogen-bond donors (Lipinski definition) is 1. The molecule has 0 aliphatic carbocycles. The van der Waals surface area contributed by atoms with Gasteiger partial charge in [-0.3, -0.25) is 0 Å². The van der Waals surface area contributed by atoms with Crippen LogP contribution in [-0.4, -0.2) is 35.1 Å². The van der Waals surface area contributed by atoms with Gasteiger partial charge in [0.1, 0.15) is 11.6 Å². The summed E-state index contributed by atoms with van der Waals surface area (Å²) in [4.78, 5) is 25.4. The van der Waals surface area contributed by atoms with Crippen LogP contribution in [0.5, 0.6) is 0 Å².